The Kier molecular flexibility index (Phi) is 9.18. The number of H-pyrrole nitrogens is 1. The van der Waals surface area contributed by atoms with Gasteiger partial charge in [0.15, 0.2) is 0 Å². The number of amides is 3. The van der Waals surface area contributed by atoms with Crippen molar-refractivity contribution in [3.05, 3.63) is 18.2 Å². The van der Waals surface area contributed by atoms with Crippen LogP contribution in [0.3, 0.4) is 0 Å². The van der Waals surface area contributed by atoms with E-state index in [2.05, 4.69) is 25.9 Å². The van der Waals surface area contributed by atoms with Crippen LogP contribution in [0.4, 0.5) is 0 Å². The number of rotatable bonds is 11. The van der Waals surface area contributed by atoms with Gasteiger partial charge in [-0.05, 0) is 13.8 Å². The van der Waals surface area contributed by atoms with Crippen molar-refractivity contribution < 1.29 is 34.5 Å². The van der Waals surface area contributed by atoms with Crippen LogP contribution in [0.5, 0.6) is 0 Å². The molecule has 0 fully saturated rings. The average molecular weight is 414 g/mol. The summed E-state index contributed by atoms with van der Waals surface area (Å²) in [6, 6.07) is -5.15. The van der Waals surface area contributed by atoms with Crippen molar-refractivity contribution in [2.45, 2.75) is 50.5 Å². The molecule has 162 valence electrons. The van der Waals surface area contributed by atoms with E-state index in [1.54, 1.807) is 0 Å². The SMILES string of the molecule is CC(NC(=O)C(N)C(C)O)C(=O)NC(CO)C(=O)NC(Cc1cnc[nH]1)C(=O)O. The van der Waals surface area contributed by atoms with E-state index in [0.29, 0.717) is 5.69 Å². The molecule has 0 radical (unpaired) electrons. The van der Waals surface area contributed by atoms with Crippen molar-refractivity contribution in [3.63, 3.8) is 0 Å². The Morgan fingerprint density at radius 3 is 2.21 bits per heavy atom. The molecule has 1 rings (SSSR count). The van der Waals surface area contributed by atoms with Crippen LogP contribution in [0.15, 0.2) is 12.5 Å². The highest BCUT2D eigenvalue weighted by Crippen LogP contribution is 2.00. The molecular weight excluding hydrogens is 388 g/mol. The van der Waals surface area contributed by atoms with Gasteiger partial charge in [-0.1, -0.05) is 0 Å². The predicted octanol–water partition coefficient (Wildman–Crippen LogP) is -3.79. The van der Waals surface area contributed by atoms with Crippen LogP contribution in [-0.2, 0) is 25.6 Å². The number of carboxylic acids is 1. The molecule has 0 saturated carbocycles. The van der Waals surface area contributed by atoms with Gasteiger partial charge in [-0.3, -0.25) is 14.4 Å². The van der Waals surface area contributed by atoms with Gasteiger partial charge in [0.25, 0.3) is 0 Å². The number of nitrogens with zero attached hydrogens (tertiary/aromatic N) is 1. The molecule has 5 atom stereocenters. The molecule has 0 aromatic carbocycles. The normalized spacial score (nSPS) is 16.0. The predicted molar refractivity (Wildman–Crippen MR) is 98.1 cm³/mol. The zero-order chi connectivity index (χ0) is 22.1. The highest BCUT2D eigenvalue weighted by Gasteiger charge is 2.29. The van der Waals surface area contributed by atoms with Crippen LogP contribution in [-0.4, -0.2) is 85.9 Å². The maximum absolute atomic E-state index is 12.3. The van der Waals surface area contributed by atoms with Gasteiger partial charge in [0, 0.05) is 18.3 Å². The average Bonchev–Trinajstić information content (AvgIpc) is 3.17. The zero-order valence-electron chi connectivity index (χ0n) is 16.0. The Hall–Kier alpha value is -3.03. The third-order valence-corrected chi connectivity index (χ3v) is 3.98. The van der Waals surface area contributed by atoms with Gasteiger partial charge in [-0.25, -0.2) is 9.78 Å². The number of aromatic amines is 1. The van der Waals surface area contributed by atoms with Gasteiger partial charge in [0.2, 0.25) is 17.7 Å². The summed E-state index contributed by atoms with van der Waals surface area (Å²) in [7, 11) is 0. The van der Waals surface area contributed by atoms with Crippen LogP contribution in [0.2, 0.25) is 0 Å². The summed E-state index contributed by atoms with van der Waals surface area (Å²) in [6.07, 6.45) is 1.53. The number of aliphatic carboxylic acids is 1. The smallest absolute Gasteiger partial charge is 0.326 e. The van der Waals surface area contributed by atoms with E-state index in [1.165, 1.54) is 26.4 Å². The molecule has 13 nitrogen and oxygen atoms in total. The van der Waals surface area contributed by atoms with E-state index in [-0.39, 0.29) is 6.42 Å². The van der Waals surface area contributed by atoms with Gasteiger partial charge in [-0.2, -0.15) is 0 Å². The van der Waals surface area contributed by atoms with Crippen LogP contribution in [0.1, 0.15) is 19.5 Å². The second kappa shape index (κ2) is 11.1. The first-order valence-electron chi connectivity index (χ1n) is 8.72. The van der Waals surface area contributed by atoms with Crippen LogP contribution in [0, 0.1) is 0 Å². The first-order valence-corrected chi connectivity index (χ1v) is 8.72. The summed E-state index contributed by atoms with van der Waals surface area (Å²) < 4.78 is 0. The molecule has 29 heavy (non-hydrogen) atoms. The summed E-state index contributed by atoms with van der Waals surface area (Å²) in [5.74, 6) is -3.83. The maximum atomic E-state index is 12.3. The Labute approximate surface area is 166 Å². The van der Waals surface area contributed by atoms with Gasteiger partial charge in [-0.15, -0.1) is 0 Å². The van der Waals surface area contributed by atoms with E-state index in [9.17, 15) is 34.5 Å². The zero-order valence-corrected chi connectivity index (χ0v) is 16.0. The van der Waals surface area contributed by atoms with Crippen LogP contribution >= 0.6 is 0 Å². The molecule has 13 heteroatoms. The summed E-state index contributed by atoms with van der Waals surface area (Å²) in [5, 5.41) is 34.7. The first-order chi connectivity index (χ1) is 13.6. The van der Waals surface area contributed by atoms with Gasteiger partial charge < -0.3 is 42.0 Å². The quantitative estimate of drug-likeness (QED) is 0.178. The Bertz CT molecular complexity index is 709. The molecule has 1 heterocycles. The molecule has 0 aliphatic rings. The van der Waals surface area contributed by atoms with E-state index in [1.807, 2.05) is 0 Å². The second-order valence-electron chi connectivity index (χ2n) is 6.42. The number of aromatic nitrogens is 2. The largest absolute Gasteiger partial charge is 0.480 e. The monoisotopic (exact) mass is 414 g/mol. The van der Waals surface area contributed by atoms with Gasteiger partial charge >= 0.3 is 5.97 Å². The van der Waals surface area contributed by atoms with Crippen LogP contribution in [0.25, 0.3) is 0 Å². The fourth-order valence-electron chi connectivity index (χ4n) is 2.17. The highest BCUT2D eigenvalue weighted by molar-refractivity contribution is 5.94. The van der Waals surface area contributed by atoms with Gasteiger partial charge in [0.05, 0.1) is 19.0 Å². The minimum atomic E-state index is -1.45. The minimum absolute atomic E-state index is 0.0864. The van der Waals surface area contributed by atoms with Crippen molar-refractivity contribution in [2.75, 3.05) is 6.61 Å². The molecular formula is C16H26N6O7. The molecule has 1 aromatic rings. The lowest BCUT2D eigenvalue weighted by atomic mass is 10.1. The number of hydrogen-bond acceptors (Lipinski definition) is 8. The van der Waals surface area contributed by atoms with E-state index in [4.69, 9.17) is 5.73 Å². The van der Waals surface area contributed by atoms with Crippen molar-refractivity contribution in [1.82, 2.24) is 25.9 Å². The Morgan fingerprint density at radius 1 is 1.10 bits per heavy atom. The molecule has 5 unspecified atom stereocenters. The van der Waals surface area contributed by atoms with Crippen molar-refractivity contribution in [2.24, 2.45) is 5.73 Å². The second-order valence-corrected chi connectivity index (χ2v) is 6.42. The Morgan fingerprint density at radius 2 is 1.72 bits per heavy atom. The highest BCUT2D eigenvalue weighted by atomic mass is 16.4. The standard InChI is InChI=1S/C16H26N6O7/c1-7(20-15(27)12(17)8(2)24)13(25)22-11(5-23)14(26)21-10(16(28)29)3-9-4-18-6-19-9/h4,6-8,10-12,23-24H,3,5,17H2,1-2H3,(H,18,19)(H,20,27)(H,21,26)(H,22,25)(H,28,29). The number of nitrogens with one attached hydrogen (secondary N) is 4. The first kappa shape index (κ1) is 24.0. The fraction of sp³-hybridized carbons (Fsp3) is 0.562. The lowest BCUT2D eigenvalue weighted by Gasteiger charge is -2.22. The summed E-state index contributed by atoms with van der Waals surface area (Å²) in [5.41, 5.74) is 5.93. The number of imidazole rings is 1. The number of carboxylic acid groups (broad SMARTS) is 1. The summed E-state index contributed by atoms with van der Waals surface area (Å²) in [4.78, 5) is 54.1. The van der Waals surface area contributed by atoms with E-state index >= 15 is 0 Å². The van der Waals surface area contributed by atoms with Crippen LogP contribution < -0.4 is 21.7 Å². The lowest BCUT2D eigenvalue weighted by Crippen LogP contribution is -2.58. The molecule has 0 saturated heterocycles. The van der Waals surface area contributed by atoms with E-state index in [0.717, 1.165) is 0 Å². The lowest BCUT2D eigenvalue weighted by molar-refractivity contribution is -0.142. The third kappa shape index (κ3) is 7.48. The van der Waals surface area contributed by atoms with Crippen molar-refractivity contribution in [1.29, 1.82) is 0 Å². The summed E-state index contributed by atoms with van der Waals surface area (Å²) >= 11 is 0. The molecule has 0 spiro atoms. The van der Waals surface area contributed by atoms with Crippen molar-refractivity contribution >= 4 is 23.7 Å². The molecule has 0 bridgehead atoms. The molecule has 3 amide bonds. The number of carbonyl (C=O) groups is 4. The molecule has 1 aromatic heterocycles. The topological polar surface area (TPSA) is 220 Å². The van der Waals surface area contributed by atoms with Crippen molar-refractivity contribution in [3.8, 4) is 0 Å². The van der Waals surface area contributed by atoms with E-state index < -0.39 is 60.6 Å². The number of aliphatic hydroxyl groups is 2. The fourth-order valence-corrected chi connectivity index (χ4v) is 2.17. The minimum Gasteiger partial charge on any atom is -0.480 e. The van der Waals surface area contributed by atoms with Gasteiger partial charge in [0.1, 0.15) is 24.2 Å². The number of carbonyl (C=O) groups excluding carboxylic acids is 3. The maximum Gasteiger partial charge on any atom is 0.326 e. The number of aliphatic hydroxyl groups excluding tert-OH is 2. The number of hydrogen-bond donors (Lipinski definition) is 8. The molecule has 9 N–H and O–H groups in total. The summed E-state index contributed by atoms with van der Waals surface area (Å²) in [6.45, 7) is 1.82. The molecule has 0 aliphatic heterocycles. The third-order valence-electron chi connectivity index (χ3n) is 3.98. The molecule has 0 aliphatic carbocycles. The Balaban J connectivity index is 2.67. The number of nitrogens with two attached hydrogens (primary N) is 1.